The van der Waals surface area contributed by atoms with Crippen LogP contribution in [0.2, 0.25) is 0 Å². The number of nitrogens with zero attached hydrogens (tertiary/aromatic N) is 2. The Labute approximate surface area is 210 Å². The zero-order valence-corrected chi connectivity index (χ0v) is 21.1. The van der Waals surface area contributed by atoms with Crippen LogP contribution in [0.1, 0.15) is 16.7 Å². The summed E-state index contributed by atoms with van der Waals surface area (Å²) >= 11 is 0. The lowest BCUT2D eigenvalue weighted by Gasteiger charge is -2.20. The maximum absolute atomic E-state index is 2.25. The van der Waals surface area contributed by atoms with Gasteiger partial charge in [0, 0.05) is 25.8 Å². The minimum absolute atomic E-state index is 0.328. The molecule has 0 spiro atoms. The van der Waals surface area contributed by atoms with Crippen molar-refractivity contribution in [3.8, 4) is 0 Å². The van der Waals surface area contributed by atoms with Crippen molar-refractivity contribution in [1.29, 1.82) is 0 Å². The molecule has 2 heteroatoms. The van der Waals surface area contributed by atoms with Gasteiger partial charge >= 0.3 is 0 Å². The summed E-state index contributed by atoms with van der Waals surface area (Å²) in [6, 6.07) is 30.3. The highest BCUT2D eigenvalue weighted by atomic mass is 15.1. The van der Waals surface area contributed by atoms with Crippen LogP contribution in [0.5, 0.6) is 0 Å². The number of likely N-dealkylation sites (N-methyl/N-ethyl adjacent to an activating group) is 1. The van der Waals surface area contributed by atoms with Crippen LogP contribution in [-0.4, -0.2) is 39.1 Å². The van der Waals surface area contributed by atoms with Gasteiger partial charge < -0.3 is 4.90 Å². The van der Waals surface area contributed by atoms with Gasteiger partial charge in [-0.3, -0.25) is 4.90 Å². The van der Waals surface area contributed by atoms with Gasteiger partial charge in [-0.25, -0.2) is 0 Å². The van der Waals surface area contributed by atoms with Crippen LogP contribution in [0.25, 0.3) is 11.1 Å². The molecule has 0 atom stereocenters. The van der Waals surface area contributed by atoms with Crippen LogP contribution in [0.4, 0.5) is 5.69 Å². The first kappa shape index (κ1) is 24.3. The molecular weight excluding hydrogens is 424 g/mol. The molecule has 0 fully saturated rings. The van der Waals surface area contributed by atoms with Crippen LogP contribution < -0.4 is 4.90 Å². The summed E-state index contributed by atoms with van der Waals surface area (Å²) in [6.07, 6.45) is 15.6. The highest BCUT2D eigenvalue weighted by molar-refractivity contribution is 5.84. The Hall–Kier alpha value is -3.88. The van der Waals surface area contributed by atoms with Crippen LogP contribution in [-0.2, 0) is 0 Å². The fourth-order valence-corrected chi connectivity index (χ4v) is 4.18. The van der Waals surface area contributed by atoms with Crippen molar-refractivity contribution < 1.29 is 0 Å². The van der Waals surface area contributed by atoms with E-state index >= 15 is 0 Å². The van der Waals surface area contributed by atoms with Gasteiger partial charge in [0.05, 0.1) is 0 Å². The molecule has 0 heterocycles. The minimum Gasteiger partial charge on any atom is -0.378 e. The molecule has 0 saturated carbocycles. The second-order valence-electron chi connectivity index (χ2n) is 9.15. The monoisotopic (exact) mass is 458 g/mol. The number of benzene rings is 3. The lowest BCUT2D eigenvalue weighted by molar-refractivity contribution is 0.390. The van der Waals surface area contributed by atoms with Gasteiger partial charge in [-0.05, 0) is 59.6 Å². The van der Waals surface area contributed by atoms with Crippen LogP contribution in [0.15, 0.2) is 133 Å². The lowest BCUT2D eigenvalue weighted by atomic mass is 9.94. The van der Waals surface area contributed by atoms with Crippen molar-refractivity contribution in [3.63, 3.8) is 0 Å². The number of hydrogen-bond donors (Lipinski definition) is 0. The Morgan fingerprint density at radius 1 is 0.657 bits per heavy atom. The molecule has 0 bridgehead atoms. The molecule has 3 aromatic carbocycles. The molecule has 2 nitrogen and oxygen atoms in total. The molecule has 3 aromatic rings. The second-order valence-corrected chi connectivity index (χ2v) is 9.15. The van der Waals surface area contributed by atoms with Crippen molar-refractivity contribution >= 4 is 16.8 Å². The van der Waals surface area contributed by atoms with Gasteiger partial charge in [-0.15, -0.1) is 0 Å². The van der Waals surface area contributed by atoms with E-state index in [2.05, 4.69) is 165 Å². The first-order chi connectivity index (χ1) is 17.0. The molecule has 0 unspecified atom stereocenters. The van der Waals surface area contributed by atoms with Gasteiger partial charge in [0.1, 0.15) is 0 Å². The number of anilines is 1. The topological polar surface area (TPSA) is 6.48 Å². The summed E-state index contributed by atoms with van der Waals surface area (Å²) in [5.41, 5.74) is 8.44. The third-order valence-electron chi connectivity index (χ3n) is 6.24. The summed E-state index contributed by atoms with van der Waals surface area (Å²) in [5.74, 6) is 0. The highest BCUT2D eigenvalue weighted by Crippen LogP contribution is 2.28. The first-order valence-corrected chi connectivity index (χ1v) is 12.1. The van der Waals surface area contributed by atoms with Crippen molar-refractivity contribution in [2.45, 2.75) is 6.04 Å². The minimum atomic E-state index is 0.328. The summed E-state index contributed by atoms with van der Waals surface area (Å²) in [7, 11) is 8.35. The molecule has 35 heavy (non-hydrogen) atoms. The number of hydrogen-bond acceptors (Lipinski definition) is 2. The number of allylic oxidation sites excluding steroid dienone is 7. The van der Waals surface area contributed by atoms with E-state index in [-0.39, 0.29) is 0 Å². The third kappa shape index (κ3) is 6.17. The average molecular weight is 459 g/mol. The van der Waals surface area contributed by atoms with Crippen molar-refractivity contribution in [2.24, 2.45) is 0 Å². The Kier molecular flexibility index (Phi) is 7.97. The molecule has 0 N–H and O–H groups in total. The molecule has 0 radical (unpaired) electrons. The third-order valence-corrected chi connectivity index (χ3v) is 6.24. The van der Waals surface area contributed by atoms with Crippen LogP contribution in [0, 0.1) is 0 Å². The average Bonchev–Trinajstić information content (AvgIpc) is 2.90. The Morgan fingerprint density at radius 3 is 1.74 bits per heavy atom. The van der Waals surface area contributed by atoms with E-state index in [0.717, 1.165) is 0 Å². The summed E-state index contributed by atoms with van der Waals surface area (Å²) < 4.78 is 0. The highest BCUT2D eigenvalue weighted by Gasteiger charge is 2.10. The maximum atomic E-state index is 2.25. The van der Waals surface area contributed by atoms with Gasteiger partial charge in [0.15, 0.2) is 0 Å². The fourth-order valence-electron chi connectivity index (χ4n) is 4.18. The standard InChI is InChI=1S/C33H34N2/c1-34(2)30-22-18-28(19-23-30)32(26-12-7-5-8-13-26)16-11-17-33(27-14-9-6-10-15-27)29-20-24-31(25-21-29)35(3)4/h5-25,30H,1-4H3. The van der Waals surface area contributed by atoms with Crippen molar-refractivity contribution in [3.05, 3.63) is 150 Å². The second kappa shape index (κ2) is 11.5. The molecule has 0 amide bonds. The lowest BCUT2D eigenvalue weighted by Crippen LogP contribution is -2.24. The molecule has 1 aliphatic carbocycles. The molecule has 0 aromatic heterocycles. The summed E-state index contributed by atoms with van der Waals surface area (Å²) in [4.78, 5) is 4.33. The molecule has 176 valence electrons. The molecule has 0 saturated heterocycles. The van der Waals surface area contributed by atoms with Gasteiger partial charge in [-0.2, -0.15) is 0 Å². The Bertz CT molecular complexity index is 1240. The summed E-state index contributed by atoms with van der Waals surface area (Å²) in [6.45, 7) is 0. The van der Waals surface area contributed by atoms with Crippen molar-refractivity contribution in [1.82, 2.24) is 4.90 Å². The van der Waals surface area contributed by atoms with Gasteiger partial charge in [0.2, 0.25) is 0 Å². The zero-order chi connectivity index (χ0) is 24.6. The van der Waals surface area contributed by atoms with E-state index in [4.69, 9.17) is 0 Å². The van der Waals surface area contributed by atoms with E-state index in [0.29, 0.717) is 6.04 Å². The summed E-state index contributed by atoms with van der Waals surface area (Å²) in [5, 5.41) is 0. The zero-order valence-electron chi connectivity index (χ0n) is 21.1. The van der Waals surface area contributed by atoms with E-state index in [1.807, 2.05) is 0 Å². The SMILES string of the molecule is CN(C)c1ccc(C(=CC=CC(=C2C=CC(N(C)C)C=C2)c2ccccc2)c2ccccc2)cc1. The first-order valence-electron chi connectivity index (χ1n) is 12.1. The van der Waals surface area contributed by atoms with E-state index < -0.39 is 0 Å². The van der Waals surface area contributed by atoms with Gasteiger partial charge in [0.25, 0.3) is 0 Å². The largest absolute Gasteiger partial charge is 0.378 e. The van der Waals surface area contributed by atoms with Gasteiger partial charge in [-0.1, -0.05) is 115 Å². The molecule has 4 rings (SSSR count). The maximum Gasteiger partial charge on any atom is 0.0462 e. The molecule has 1 aliphatic rings. The number of rotatable bonds is 7. The Morgan fingerprint density at radius 2 is 1.20 bits per heavy atom. The predicted octanol–water partition coefficient (Wildman–Crippen LogP) is 7.25. The van der Waals surface area contributed by atoms with E-state index in [1.165, 1.54) is 39.1 Å². The Balaban J connectivity index is 1.74. The van der Waals surface area contributed by atoms with Crippen LogP contribution in [0.3, 0.4) is 0 Å². The van der Waals surface area contributed by atoms with E-state index in [1.54, 1.807) is 0 Å². The molecular formula is C33H34N2. The smallest absolute Gasteiger partial charge is 0.0462 e. The quantitative estimate of drug-likeness (QED) is 0.344. The van der Waals surface area contributed by atoms with Crippen LogP contribution >= 0.6 is 0 Å². The molecule has 0 aliphatic heterocycles. The predicted molar refractivity (Wildman–Crippen MR) is 153 cm³/mol. The van der Waals surface area contributed by atoms with E-state index in [9.17, 15) is 0 Å². The normalized spacial score (nSPS) is 15.7. The van der Waals surface area contributed by atoms with Crippen molar-refractivity contribution in [2.75, 3.05) is 33.1 Å². The fraction of sp³-hybridized carbons (Fsp3) is 0.152.